The van der Waals surface area contributed by atoms with Crippen LogP contribution in [-0.2, 0) is 28.7 Å². The molecule has 0 spiro atoms. The topological polar surface area (TPSA) is 46.6 Å². The first-order valence-corrected chi connectivity index (χ1v) is 10.5. The van der Waals surface area contributed by atoms with Crippen molar-refractivity contribution in [3.8, 4) is 0 Å². The molecule has 31 heavy (non-hydrogen) atoms. The fourth-order valence-electron chi connectivity index (χ4n) is 4.74. The molecule has 2 aliphatic rings. The van der Waals surface area contributed by atoms with Gasteiger partial charge >= 0.3 is 12.3 Å². The minimum Gasteiger partial charge on any atom is -0.445 e. The quantitative estimate of drug-likeness (QED) is 0.637. The van der Waals surface area contributed by atoms with Gasteiger partial charge in [-0.05, 0) is 42.9 Å². The molecule has 0 radical (unpaired) electrons. The van der Waals surface area contributed by atoms with E-state index in [0.29, 0.717) is 18.4 Å². The van der Waals surface area contributed by atoms with Crippen LogP contribution in [0, 0.1) is 5.92 Å². The van der Waals surface area contributed by atoms with E-state index in [2.05, 4.69) is 0 Å². The zero-order valence-electron chi connectivity index (χ0n) is 17.0. The highest BCUT2D eigenvalue weighted by molar-refractivity contribution is 5.84. The average molecular weight is 431 g/mol. The second kappa shape index (κ2) is 8.73. The van der Waals surface area contributed by atoms with E-state index in [1.165, 1.54) is 6.07 Å². The molecule has 2 saturated heterocycles. The minimum atomic E-state index is -4.43. The van der Waals surface area contributed by atoms with Crippen LogP contribution in [-0.4, -0.2) is 28.9 Å². The maximum atomic E-state index is 12.9. The monoisotopic (exact) mass is 431 g/mol. The van der Waals surface area contributed by atoms with Gasteiger partial charge in [-0.25, -0.2) is 4.79 Å². The summed E-state index contributed by atoms with van der Waals surface area (Å²) in [5.74, 6) is -0.307. The van der Waals surface area contributed by atoms with E-state index >= 15 is 0 Å². The van der Waals surface area contributed by atoms with E-state index in [1.807, 2.05) is 30.3 Å². The largest absolute Gasteiger partial charge is 0.445 e. The first kappa shape index (κ1) is 21.4. The predicted octanol–water partition coefficient (Wildman–Crippen LogP) is 5.40. The van der Waals surface area contributed by atoms with Crippen LogP contribution >= 0.6 is 0 Å². The van der Waals surface area contributed by atoms with Crippen molar-refractivity contribution in [2.75, 3.05) is 0 Å². The molecule has 2 aliphatic heterocycles. The number of fused-ring (bicyclic) bond motifs is 2. The van der Waals surface area contributed by atoms with Gasteiger partial charge in [-0.1, -0.05) is 48.5 Å². The van der Waals surface area contributed by atoms with Crippen molar-refractivity contribution in [2.24, 2.45) is 5.92 Å². The lowest BCUT2D eigenvalue weighted by atomic mass is 9.85. The maximum absolute atomic E-state index is 12.9. The van der Waals surface area contributed by atoms with Crippen molar-refractivity contribution in [3.63, 3.8) is 0 Å². The number of amides is 1. The number of ketones is 1. The fourth-order valence-corrected chi connectivity index (χ4v) is 4.74. The summed E-state index contributed by atoms with van der Waals surface area (Å²) in [6.07, 6.45) is -2.10. The summed E-state index contributed by atoms with van der Waals surface area (Å²) in [5.41, 5.74) is 0.542. The minimum absolute atomic E-state index is 0.0213. The Morgan fingerprint density at radius 2 is 1.58 bits per heavy atom. The van der Waals surface area contributed by atoms with Gasteiger partial charge in [0.25, 0.3) is 0 Å². The third kappa shape index (κ3) is 4.92. The van der Waals surface area contributed by atoms with Gasteiger partial charge in [-0.2, -0.15) is 13.2 Å². The number of piperidine rings is 1. The lowest BCUT2D eigenvalue weighted by molar-refractivity contribution is -0.137. The highest BCUT2D eigenvalue weighted by Crippen LogP contribution is 2.40. The molecule has 4 rings (SSSR count). The van der Waals surface area contributed by atoms with Gasteiger partial charge in [0.1, 0.15) is 12.4 Å². The second-order valence-corrected chi connectivity index (χ2v) is 8.34. The molecule has 2 unspecified atom stereocenters. The summed E-state index contributed by atoms with van der Waals surface area (Å²) >= 11 is 0. The summed E-state index contributed by atoms with van der Waals surface area (Å²) in [6, 6.07) is 14.3. The number of nitrogens with zero attached hydrogens (tertiary/aromatic N) is 1. The van der Waals surface area contributed by atoms with Gasteiger partial charge in [-0.15, -0.1) is 0 Å². The van der Waals surface area contributed by atoms with E-state index in [0.717, 1.165) is 30.5 Å². The lowest BCUT2D eigenvalue weighted by Gasteiger charge is -2.37. The van der Waals surface area contributed by atoms with Crippen molar-refractivity contribution in [3.05, 3.63) is 71.3 Å². The van der Waals surface area contributed by atoms with Gasteiger partial charge in [0.05, 0.1) is 5.56 Å². The maximum Gasteiger partial charge on any atom is 0.416 e. The summed E-state index contributed by atoms with van der Waals surface area (Å²) in [7, 11) is 0. The van der Waals surface area contributed by atoms with Crippen LogP contribution < -0.4 is 0 Å². The molecule has 2 bridgehead atoms. The number of ether oxygens (including phenoxy) is 1. The second-order valence-electron chi connectivity index (χ2n) is 8.34. The highest BCUT2D eigenvalue weighted by atomic mass is 19.4. The van der Waals surface area contributed by atoms with Crippen molar-refractivity contribution in [1.29, 1.82) is 0 Å². The Morgan fingerprint density at radius 3 is 2.23 bits per heavy atom. The molecule has 2 atom stereocenters. The van der Waals surface area contributed by atoms with Crippen LogP contribution in [0.25, 0.3) is 0 Å². The third-order valence-corrected chi connectivity index (χ3v) is 6.24. The predicted molar refractivity (Wildman–Crippen MR) is 108 cm³/mol. The zero-order chi connectivity index (χ0) is 22.0. The number of hydrogen-bond acceptors (Lipinski definition) is 3. The Bertz CT molecular complexity index is 931. The van der Waals surface area contributed by atoms with E-state index in [1.54, 1.807) is 11.0 Å². The Kier molecular flexibility index (Phi) is 6.03. The number of halogens is 3. The van der Waals surface area contributed by atoms with E-state index in [-0.39, 0.29) is 42.9 Å². The van der Waals surface area contributed by atoms with E-state index in [9.17, 15) is 22.8 Å². The van der Waals surface area contributed by atoms with Crippen molar-refractivity contribution >= 4 is 11.9 Å². The number of rotatable bonds is 5. The fraction of sp³-hybridized carbons (Fsp3) is 0.417. The van der Waals surface area contributed by atoms with Crippen LogP contribution in [0.1, 0.15) is 42.4 Å². The van der Waals surface area contributed by atoms with Gasteiger partial charge in [0.15, 0.2) is 0 Å². The Morgan fingerprint density at radius 1 is 0.935 bits per heavy atom. The van der Waals surface area contributed by atoms with Crippen LogP contribution in [0.3, 0.4) is 0 Å². The summed E-state index contributed by atoms with van der Waals surface area (Å²) < 4.78 is 44.3. The molecule has 0 saturated carbocycles. The highest BCUT2D eigenvalue weighted by Gasteiger charge is 2.45. The van der Waals surface area contributed by atoms with Crippen molar-refractivity contribution in [2.45, 2.75) is 57.0 Å². The molecule has 2 aromatic carbocycles. The van der Waals surface area contributed by atoms with Crippen molar-refractivity contribution in [1.82, 2.24) is 4.90 Å². The standard InChI is InChI=1S/C24H24F3NO3/c25-24(26,27)19-8-4-7-17(11-19)12-22(29)18-13-20-9-10-21(14-18)28(20)23(30)31-15-16-5-2-1-3-6-16/h1-8,11,18,20-21H,9-10,12-15H2. The molecule has 7 heteroatoms. The summed E-state index contributed by atoms with van der Waals surface area (Å²) in [5, 5.41) is 0. The van der Waals surface area contributed by atoms with E-state index in [4.69, 9.17) is 4.74 Å². The molecule has 0 aliphatic carbocycles. The molecule has 2 heterocycles. The number of carbonyl (C=O) groups excluding carboxylic acids is 2. The van der Waals surface area contributed by atoms with Gasteiger partial charge in [-0.3, -0.25) is 4.79 Å². The molecule has 2 fully saturated rings. The summed E-state index contributed by atoms with van der Waals surface area (Å²) in [4.78, 5) is 27.2. The molecule has 164 valence electrons. The third-order valence-electron chi connectivity index (χ3n) is 6.24. The number of carbonyl (C=O) groups is 2. The number of alkyl halides is 3. The Hall–Kier alpha value is -2.83. The molecule has 1 amide bonds. The number of Topliss-reactive ketones (excluding diaryl/α,β-unsaturated/α-hetero) is 1. The van der Waals surface area contributed by atoms with Crippen LogP contribution in [0.5, 0.6) is 0 Å². The average Bonchev–Trinajstić information content (AvgIpc) is 3.01. The lowest BCUT2D eigenvalue weighted by Crippen LogP contribution is -2.48. The molecule has 4 nitrogen and oxygen atoms in total. The molecular formula is C24H24F3NO3. The SMILES string of the molecule is O=C(Cc1cccc(C(F)(F)F)c1)C1CC2CCC(C1)N2C(=O)OCc1ccccc1. The number of hydrogen-bond donors (Lipinski definition) is 0. The molecular weight excluding hydrogens is 407 g/mol. The molecule has 2 aromatic rings. The normalized spacial score (nSPS) is 22.9. The Balaban J connectivity index is 1.35. The van der Waals surface area contributed by atoms with Gasteiger partial charge in [0.2, 0.25) is 0 Å². The number of benzene rings is 2. The smallest absolute Gasteiger partial charge is 0.416 e. The van der Waals surface area contributed by atoms with Gasteiger partial charge in [0, 0.05) is 24.4 Å². The Labute approximate surface area is 179 Å². The molecule has 0 N–H and O–H groups in total. The van der Waals surface area contributed by atoms with Crippen LogP contribution in [0.2, 0.25) is 0 Å². The zero-order valence-corrected chi connectivity index (χ0v) is 17.0. The van der Waals surface area contributed by atoms with E-state index < -0.39 is 11.7 Å². The first-order chi connectivity index (χ1) is 14.8. The van der Waals surface area contributed by atoms with Gasteiger partial charge < -0.3 is 9.64 Å². The first-order valence-electron chi connectivity index (χ1n) is 10.5. The summed E-state index contributed by atoms with van der Waals surface area (Å²) in [6.45, 7) is 0.202. The van der Waals surface area contributed by atoms with Crippen LogP contribution in [0.15, 0.2) is 54.6 Å². The van der Waals surface area contributed by atoms with Crippen molar-refractivity contribution < 1.29 is 27.5 Å². The van der Waals surface area contributed by atoms with Crippen LogP contribution in [0.4, 0.5) is 18.0 Å². The molecule has 0 aromatic heterocycles.